The van der Waals surface area contributed by atoms with Gasteiger partial charge in [0, 0.05) is 24.5 Å². The van der Waals surface area contributed by atoms with Crippen molar-refractivity contribution in [2.24, 2.45) is 0 Å². The van der Waals surface area contributed by atoms with Gasteiger partial charge in [-0.25, -0.2) is 32.2 Å². The highest BCUT2D eigenvalue weighted by molar-refractivity contribution is 7.90. The molecule has 1 aliphatic rings. The molecule has 4 rings (SSSR count). The van der Waals surface area contributed by atoms with Crippen LogP contribution >= 0.6 is 0 Å². The summed E-state index contributed by atoms with van der Waals surface area (Å²) in [4.78, 5) is 25.1. The molecular formula is C21H24F2N8O3S. The quantitative estimate of drug-likeness (QED) is 0.378. The van der Waals surface area contributed by atoms with E-state index in [9.17, 15) is 22.0 Å². The van der Waals surface area contributed by atoms with E-state index in [1.807, 2.05) is 13.8 Å². The van der Waals surface area contributed by atoms with Gasteiger partial charge in [0.2, 0.25) is 0 Å². The van der Waals surface area contributed by atoms with Crippen LogP contribution in [0.4, 0.5) is 26.1 Å². The lowest BCUT2D eigenvalue weighted by molar-refractivity contribution is 0.0892. The summed E-state index contributed by atoms with van der Waals surface area (Å²) in [6.07, 6.45) is 4.13. The predicted octanol–water partition coefficient (Wildman–Crippen LogP) is 2.63. The van der Waals surface area contributed by atoms with E-state index in [-0.39, 0.29) is 17.4 Å². The van der Waals surface area contributed by atoms with Gasteiger partial charge in [-0.2, -0.15) is 9.19 Å². The molecule has 0 aromatic carbocycles. The Morgan fingerprint density at radius 2 is 1.97 bits per heavy atom. The molecule has 0 saturated heterocycles. The van der Waals surface area contributed by atoms with E-state index in [0.717, 1.165) is 4.09 Å². The zero-order valence-electron chi connectivity index (χ0n) is 18.9. The molecule has 3 aromatic rings. The third-order valence-corrected chi connectivity index (χ3v) is 6.98. The fraction of sp³-hybridized carbons (Fsp3) is 0.381. The Labute approximate surface area is 200 Å². The maximum absolute atomic E-state index is 12.5. The molecule has 35 heavy (non-hydrogen) atoms. The summed E-state index contributed by atoms with van der Waals surface area (Å²) in [5, 5.41) is 11.8. The summed E-state index contributed by atoms with van der Waals surface area (Å²) in [7, 11) is -3.50. The average Bonchev–Trinajstić information content (AvgIpc) is 3.54. The third-order valence-electron chi connectivity index (χ3n) is 4.95. The Hall–Kier alpha value is -3.68. The summed E-state index contributed by atoms with van der Waals surface area (Å²) in [5.41, 5.74) is 0.960. The molecule has 1 fully saturated rings. The third kappa shape index (κ3) is 5.88. The van der Waals surface area contributed by atoms with Crippen molar-refractivity contribution < 1.29 is 22.0 Å². The first-order valence-electron chi connectivity index (χ1n) is 10.9. The van der Waals surface area contributed by atoms with E-state index in [2.05, 4.69) is 36.0 Å². The highest BCUT2D eigenvalue weighted by Gasteiger charge is 2.37. The van der Waals surface area contributed by atoms with Crippen LogP contribution in [0.15, 0.2) is 36.9 Å². The van der Waals surface area contributed by atoms with Crippen molar-refractivity contribution in [1.29, 1.82) is 0 Å². The first-order valence-corrected chi connectivity index (χ1v) is 12.4. The van der Waals surface area contributed by atoms with Crippen LogP contribution in [-0.2, 0) is 10.0 Å². The van der Waals surface area contributed by atoms with Crippen molar-refractivity contribution in [2.45, 2.75) is 44.4 Å². The minimum atomic E-state index is -3.50. The SMILES string of the molecule is CC(C)Nc1cc(Nc2ccnc(-c3cnn(S(=O)(=O)C4CC4)c3)n2)ncc1C(=O)NCC(F)F. The van der Waals surface area contributed by atoms with Gasteiger partial charge in [0.1, 0.15) is 11.6 Å². The molecule has 0 radical (unpaired) electrons. The summed E-state index contributed by atoms with van der Waals surface area (Å²) < 4.78 is 50.7. The topological polar surface area (TPSA) is 144 Å². The number of hydrogen-bond donors (Lipinski definition) is 3. The first-order chi connectivity index (χ1) is 16.6. The molecular weight excluding hydrogens is 482 g/mol. The molecule has 1 aliphatic carbocycles. The van der Waals surface area contributed by atoms with Gasteiger partial charge in [-0.3, -0.25) is 4.79 Å². The van der Waals surface area contributed by atoms with Crippen LogP contribution in [0.25, 0.3) is 11.4 Å². The average molecular weight is 507 g/mol. The first kappa shape index (κ1) is 24.4. The fourth-order valence-electron chi connectivity index (χ4n) is 3.18. The lowest BCUT2D eigenvalue weighted by Gasteiger charge is -2.16. The summed E-state index contributed by atoms with van der Waals surface area (Å²) in [5.74, 6) is 0.298. The molecule has 3 heterocycles. The number of pyridine rings is 1. The molecule has 0 unspecified atom stereocenters. The van der Waals surface area contributed by atoms with Crippen molar-refractivity contribution in [3.8, 4) is 11.4 Å². The second kappa shape index (κ2) is 9.90. The Balaban J connectivity index is 1.55. The lowest BCUT2D eigenvalue weighted by atomic mass is 10.2. The van der Waals surface area contributed by atoms with Crippen LogP contribution in [0.5, 0.6) is 0 Å². The van der Waals surface area contributed by atoms with Gasteiger partial charge in [0.05, 0.1) is 41.0 Å². The number of halogens is 2. The number of amides is 1. The minimum absolute atomic E-state index is 0.0407. The monoisotopic (exact) mass is 506 g/mol. The van der Waals surface area contributed by atoms with Crippen LogP contribution in [-0.4, -0.2) is 62.7 Å². The lowest BCUT2D eigenvalue weighted by Crippen LogP contribution is -2.29. The van der Waals surface area contributed by atoms with E-state index in [4.69, 9.17) is 0 Å². The number of nitrogens with zero attached hydrogens (tertiary/aromatic N) is 5. The van der Waals surface area contributed by atoms with Gasteiger partial charge in [0.25, 0.3) is 22.4 Å². The van der Waals surface area contributed by atoms with Crippen LogP contribution in [0.3, 0.4) is 0 Å². The number of rotatable bonds is 10. The van der Waals surface area contributed by atoms with Crippen molar-refractivity contribution in [1.82, 2.24) is 29.5 Å². The second-order valence-electron chi connectivity index (χ2n) is 8.25. The highest BCUT2D eigenvalue weighted by Crippen LogP contribution is 2.30. The summed E-state index contributed by atoms with van der Waals surface area (Å²) in [6, 6.07) is 3.12. The predicted molar refractivity (Wildman–Crippen MR) is 125 cm³/mol. The standard InChI is InChI=1S/C21H24F2N8O3S/c1-12(2)28-16-7-19(25-9-15(16)21(32)26-10-17(22)23)29-18-5-6-24-20(30-18)13-8-27-31(11-13)35(33,34)14-3-4-14/h5-9,11-12,14,17H,3-4,10H2,1-2H3,(H,26,32)(H2,24,25,28,29,30). The van der Waals surface area contributed by atoms with Gasteiger partial charge in [-0.15, -0.1) is 0 Å². The molecule has 3 aromatic heterocycles. The number of anilines is 3. The fourth-order valence-corrected chi connectivity index (χ4v) is 4.65. The summed E-state index contributed by atoms with van der Waals surface area (Å²) >= 11 is 0. The number of hydrogen-bond acceptors (Lipinski definition) is 9. The maximum atomic E-state index is 12.5. The Morgan fingerprint density at radius 1 is 1.20 bits per heavy atom. The zero-order valence-corrected chi connectivity index (χ0v) is 19.8. The van der Waals surface area contributed by atoms with Gasteiger partial charge in [-0.05, 0) is 32.8 Å². The summed E-state index contributed by atoms with van der Waals surface area (Å²) in [6.45, 7) is 2.98. The van der Waals surface area contributed by atoms with Crippen molar-refractivity contribution in [3.63, 3.8) is 0 Å². The van der Waals surface area contributed by atoms with Gasteiger partial charge in [0.15, 0.2) is 5.82 Å². The molecule has 3 N–H and O–H groups in total. The molecule has 1 saturated carbocycles. The molecule has 0 spiro atoms. The number of aromatic nitrogens is 5. The van der Waals surface area contributed by atoms with E-state index >= 15 is 0 Å². The van der Waals surface area contributed by atoms with Crippen molar-refractivity contribution in [2.75, 3.05) is 17.2 Å². The normalized spacial score (nSPS) is 13.8. The number of carbonyl (C=O) groups excluding carboxylic acids is 1. The Kier molecular flexibility index (Phi) is 6.91. The largest absolute Gasteiger partial charge is 0.382 e. The molecule has 0 bridgehead atoms. The van der Waals surface area contributed by atoms with Crippen LogP contribution in [0.2, 0.25) is 0 Å². The molecule has 1 amide bonds. The van der Waals surface area contributed by atoms with E-state index < -0.39 is 34.2 Å². The number of carbonyl (C=O) groups is 1. The Morgan fingerprint density at radius 3 is 2.66 bits per heavy atom. The van der Waals surface area contributed by atoms with Crippen LogP contribution in [0.1, 0.15) is 37.0 Å². The van der Waals surface area contributed by atoms with Gasteiger partial charge in [-0.1, -0.05) is 0 Å². The van der Waals surface area contributed by atoms with Gasteiger partial charge >= 0.3 is 0 Å². The van der Waals surface area contributed by atoms with E-state index in [0.29, 0.717) is 35.7 Å². The van der Waals surface area contributed by atoms with Crippen molar-refractivity contribution in [3.05, 3.63) is 42.5 Å². The van der Waals surface area contributed by atoms with E-state index in [1.54, 1.807) is 12.1 Å². The molecule has 0 atom stereocenters. The van der Waals surface area contributed by atoms with Gasteiger partial charge < -0.3 is 16.0 Å². The van der Waals surface area contributed by atoms with Crippen molar-refractivity contribution >= 4 is 33.3 Å². The molecule has 14 heteroatoms. The highest BCUT2D eigenvalue weighted by atomic mass is 32.2. The minimum Gasteiger partial charge on any atom is -0.382 e. The zero-order chi connectivity index (χ0) is 25.2. The molecule has 186 valence electrons. The van der Waals surface area contributed by atoms with Crippen LogP contribution < -0.4 is 16.0 Å². The number of alkyl halides is 2. The maximum Gasteiger partial charge on any atom is 0.256 e. The van der Waals surface area contributed by atoms with Crippen LogP contribution in [0, 0.1) is 0 Å². The number of nitrogens with one attached hydrogen (secondary N) is 3. The second-order valence-corrected chi connectivity index (χ2v) is 10.3. The molecule has 0 aliphatic heterocycles. The molecule has 11 nitrogen and oxygen atoms in total. The van der Waals surface area contributed by atoms with E-state index in [1.165, 1.54) is 24.8 Å². The smallest absolute Gasteiger partial charge is 0.256 e. The Bertz CT molecular complexity index is 1330.